The monoisotopic (exact) mass is 397 g/mol. The molecule has 29 heavy (non-hydrogen) atoms. The highest BCUT2D eigenvalue weighted by Gasteiger charge is 2.20. The van der Waals surface area contributed by atoms with Crippen molar-refractivity contribution in [2.75, 3.05) is 20.3 Å². The summed E-state index contributed by atoms with van der Waals surface area (Å²) in [7, 11) is 1.64. The van der Waals surface area contributed by atoms with Gasteiger partial charge in [-0.15, -0.1) is 0 Å². The third-order valence-corrected chi connectivity index (χ3v) is 5.44. The topological polar surface area (TPSA) is 66.0 Å². The maximum absolute atomic E-state index is 12.7. The van der Waals surface area contributed by atoms with Gasteiger partial charge in [-0.3, -0.25) is 4.79 Å². The molecule has 1 fully saturated rings. The summed E-state index contributed by atoms with van der Waals surface area (Å²) < 4.78 is 22.7. The molecule has 1 N–H and O–H groups in total. The molecule has 0 saturated heterocycles. The van der Waals surface area contributed by atoms with E-state index < -0.39 is 0 Å². The zero-order valence-corrected chi connectivity index (χ0v) is 16.9. The number of carbonyl (C=O) groups is 1. The van der Waals surface area contributed by atoms with Gasteiger partial charge in [0, 0.05) is 5.56 Å². The first-order valence-corrected chi connectivity index (χ1v) is 10.2. The van der Waals surface area contributed by atoms with Crippen LogP contribution in [0.2, 0.25) is 0 Å². The SMILES string of the molecule is COc1cc(C(C)NC(=O)c2ccc3c(c2)OCCO3)ccc1OC1CCCC1. The molecule has 0 bridgehead atoms. The van der Waals surface area contributed by atoms with E-state index in [2.05, 4.69) is 5.32 Å². The molecule has 1 saturated carbocycles. The number of ether oxygens (including phenoxy) is 4. The predicted molar refractivity (Wildman–Crippen MR) is 109 cm³/mol. The summed E-state index contributed by atoms with van der Waals surface area (Å²) >= 11 is 0. The van der Waals surface area contributed by atoms with Gasteiger partial charge in [0.25, 0.3) is 5.91 Å². The Morgan fingerprint density at radius 2 is 1.79 bits per heavy atom. The molecule has 1 atom stereocenters. The molecule has 0 radical (unpaired) electrons. The van der Waals surface area contributed by atoms with Gasteiger partial charge in [0.05, 0.1) is 19.3 Å². The van der Waals surface area contributed by atoms with E-state index in [0.29, 0.717) is 36.0 Å². The van der Waals surface area contributed by atoms with Crippen LogP contribution in [0.3, 0.4) is 0 Å². The van der Waals surface area contributed by atoms with Crippen molar-refractivity contribution in [1.29, 1.82) is 0 Å². The van der Waals surface area contributed by atoms with Gasteiger partial charge >= 0.3 is 0 Å². The number of methoxy groups -OCH3 is 1. The summed E-state index contributed by atoms with van der Waals surface area (Å²) in [6.45, 7) is 2.96. The van der Waals surface area contributed by atoms with Gasteiger partial charge in [0.15, 0.2) is 23.0 Å². The molecule has 1 heterocycles. The lowest BCUT2D eigenvalue weighted by Gasteiger charge is -2.20. The van der Waals surface area contributed by atoms with Crippen molar-refractivity contribution >= 4 is 5.91 Å². The standard InChI is InChI=1S/C23H27NO5/c1-15(24-23(25)17-8-9-19-22(14-17)28-12-11-27-19)16-7-10-20(21(13-16)26-2)29-18-5-3-4-6-18/h7-10,13-15,18H,3-6,11-12H2,1-2H3,(H,24,25). The Kier molecular flexibility index (Phi) is 5.79. The van der Waals surface area contributed by atoms with Crippen LogP contribution in [-0.2, 0) is 0 Å². The van der Waals surface area contributed by atoms with Gasteiger partial charge in [0.1, 0.15) is 13.2 Å². The maximum atomic E-state index is 12.7. The normalized spacial score (nSPS) is 16.9. The summed E-state index contributed by atoms with van der Waals surface area (Å²) in [5.41, 5.74) is 1.49. The van der Waals surface area contributed by atoms with E-state index in [1.165, 1.54) is 12.8 Å². The zero-order chi connectivity index (χ0) is 20.2. The number of fused-ring (bicyclic) bond motifs is 1. The summed E-state index contributed by atoms with van der Waals surface area (Å²) in [6, 6.07) is 10.9. The van der Waals surface area contributed by atoms with Crippen LogP contribution in [0.25, 0.3) is 0 Å². The minimum Gasteiger partial charge on any atom is -0.493 e. The lowest BCUT2D eigenvalue weighted by molar-refractivity contribution is 0.0938. The van der Waals surface area contributed by atoms with E-state index >= 15 is 0 Å². The lowest BCUT2D eigenvalue weighted by Crippen LogP contribution is -2.27. The second kappa shape index (κ2) is 8.64. The molecule has 154 valence electrons. The Morgan fingerprint density at radius 3 is 2.55 bits per heavy atom. The Bertz CT molecular complexity index is 876. The van der Waals surface area contributed by atoms with Gasteiger partial charge in [0.2, 0.25) is 0 Å². The fourth-order valence-electron chi connectivity index (χ4n) is 3.78. The predicted octanol–water partition coefficient (Wildman–Crippen LogP) is 4.28. The summed E-state index contributed by atoms with van der Waals surface area (Å²) in [5.74, 6) is 2.55. The number of nitrogens with one attached hydrogen (secondary N) is 1. The number of rotatable bonds is 6. The number of amides is 1. The van der Waals surface area contributed by atoms with Crippen LogP contribution < -0.4 is 24.3 Å². The highest BCUT2D eigenvalue weighted by molar-refractivity contribution is 5.95. The van der Waals surface area contributed by atoms with Gasteiger partial charge in [-0.25, -0.2) is 0 Å². The molecule has 6 heteroatoms. The molecular formula is C23H27NO5. The summed E-state index contributed by atoms with van der Waals surface area (Å²) in [5, 5.41) is 3.03. The highest BCUT2D eigenvalue weighted by Crippen LogP contribution is 2.34. The highest BCUT2D eigenvalue weighted by atomic mass is 16.6. The molecule has 2 aromatic rings. The van der Waals surface area contributed by atoms with E-state index in [1.54, 1.807) is 25.3 Å². The Labute approximate surface area is 171 Å². The van der Waals surface area contributed by atoms with E-state index in [4.69, 9.17) is 18.9 Å². The Hall–Kier alpha value is -2.89. The lowest BCUT2D eigenvalue weighted by atomic mass is 10.1. The smallest absolute Gasteiger partial charge is 0.251 e. The van der Waals surface area contributed by atoms with Crippen molar-refractivity contribution < 1.29 is 23.7 Å². The largest absolute Gasteiger partial charge is 0.493 e. The molecule has 1 unspecified atom stereocenters. The molecule has 1 aliphatic heterocycles. The fourth-order valence-corrected chi connectivity index (χ4v) is 3.78. The fraction of sp³-hybridized carbons (Fsp3) is 0.435. The van der Waals surface area contributed by atoms with Crippen LogP contribution in [-0.4, -0.2) is 32.3 Å². The summed E-state index contributed by atoms with van der Waals surface area (Å²) in [6.07, 6.45) is 4.88. The maximum Gasteiger partial charge on any atom is 0.251 e. The van der Waals surface area contributed by atoms with Crippen LogP contribution in [0.1, 0.15) is 54.6 Å². The third-order valence-electron chi connectivity index (χ3n) is 5.44. The van der Waals surface area contributed by atoms with Crippen LogP contribution >= 0.6 is 0 Å². The molecule has 2 aliphatic rings. The quantitative estimate of drug-likeness (QED) is 0.788. The Morgan fingerprint density at radius 1 is 1.03 bits per heavy atom. The molecule has 1 amide bonds. The first-order valence-electron chi connectivity index (χ1n) is 10.2. The minimum absolute atomic E-state index is 0.167. The summed E-state index contributed by atoms with van der Waals surface area (Å²) in [4.78, 5) is 12.7. The third kappa shape index (κ3) is 4.42. The van der Waals surface area contributed by atoms with Crippen LogP contribution in [0, 0.1) is 0 Å². The van der Waals surface area contributed by atoms with Gasteiger partial charge in [-0.2, -0.15) is 0 Å². The molecule has 6 nitrogen and oxygen atoms in total. The minimum atomic E-state index is -0.190. The molecule has 0 aromatic heterocycles. The van der Waals surface area contributed by atoms with E-state index in [-0.39, 0.29) is 18.1 Å². The van der Waals surface area contributed by atoms with Crippen molar-refractivity contribution in [3.8, 4) is 23.0 Å². The molecule has 0 spiro atoms. The van der Waals surface area contributed by atoms with Crippen LogP contribution in [0.4, 0.5) is 0 Å². The van der Waals surface area contributed by atoms with Gasteiger partial charge < -0.3 is 24.3 Å². The van der Waals surface area contributed by atoms with Crippen LogP contribution in [0.15, 0.2) is 36.4 Å². The second-order valence-corrected chi connectivity index (χ2v) is 7.49. The van der Waals surface area contributed by atoms with E-state index in [0.717, 1.165) is 24.2 Å². The number of hydrogen-bond donors (Lipinski definition) is 1. The first-order chi connectivity index (χ1) is 14.1. The first kappa shape index (κ1) is 19.4. The molecular weight excluding hydrogens is 370 g/mol. The van der Waals surface area contributed by atoms with Crippen molar-refractivity contribution in [2.45, 2.75) is 44.8 Å². The van der Waals surface area contributed by atoms with Crippen molar-refractivity contribution in [3.63, 3.8) is 0 Å². The number of benzene rings is 2. The second-order valence-electron chi connectivity index (χ2n) is 7.49. The van der Waals surface area contributed by atoms with Crippen molar-refractivity contribution in [3.05, 3.63) is 47.5 Å². The Balaban J connectivity index is 1.44. The average Bonchev–Trinajstić information content (AvgIpc) is 3.26. The zero-order valence-electron chi connectivity index (χ0n) is 16.9. The van der Waals surface area contributed by atoms with Gasteiger partial charge in [-0.05, 0) is 68.5 Å². The average molecular weight is 397 g/mol. The van der Waals surface area contributed by atoms with E-state index in [9.17, 15) is 4.79 Å². The molecule has 1 aliphatic carbocycles. The number of carbonyl (C=O) groups excluding carboxylic acids is 1. The van der Waals surface area contributed by atoms with Gasteiger partial charge in [-0.1, -0.05) is 6.07 Å². The van der Waals surface area contributed by atoms with Crippen molar-refractivity contribution in [2.24, 2.45) is 0 Å². The molecule has 2 aromatic carbocycles. The van der Waals surface area contributed by atoms with E-state index in [1.807, 2.05) is 25.1 Å². The molecule has 4 rings (SSSR count). The van der Waals surface area contributed by atoms with Crippen LogP contribution in [0.5, 0.6) is 23.0 Å². The van der Waals surface area contributed by atoms with Crippen molar-refractivity contribution in [1.82, 2.24) is 5.32 Å². The number of hydrogen-bond acceptors (Lipinski definition) is 5.